The Bertz CT molecular complexity index is 1160. The van der Waals surface area contributed by atoms with Crippen molar-refractivity contribution in [3.63, 3.8) is 0 Å². The van der Waals surface area contributed by atoms with Crippen molar-refractivity contribution < 1.29 is 9.21 Å². The molecule has 134 valence electrons. The van der Waals surface area contributed by atoms with Crippen LogP contribution in [0, 0.1) is 6.92 Å². The van der Waals surface area contributed by atoms with Gasteiger partial charge >= 0.3 is 0 Å². The first-order chi connectivity index (χ1) is 13.1. The standard InChI is InChI=1S/C20H15ClN4O2/c1-11-18(12-4-6-14(21)7-5-12)20-23-22-19-15(25(20)24-11)9-13(10-16(19)26)17-3-2-8-27-17/h2-8,13H,9-10H2,1H3/t13-/m0/s1. The highest BCUT2D eigenvalue weighted by molar-refractivity contribution is 6.30. The van der Waals surface area contributed by atoms with E-state index >= 15 is 0 Å². The maximum Gasteiger partial charge on any atom is 0.185 e. The van der Waals surface area contributed by atoms with Gasteiger partial charge in [-0.25, -0.2) is 4.52 Å². The predicted octanol–water partition coefficient (Wildman–Crippen LogP) is 4.26. The number of nitrogens with zero attached hydrogens (tertiary/aromatic N) is 4. The summed E-state index contributed by atoms with van der Waals surface area (Å²) >= 11 is 6.01. The van der Waals surface area contributed by atoms with Gasteiger partial charge in [0, 0.05) is 23.8 Å². The number of aryl methyl sites for hydroxylation is 1. The van der Waals surface area contributed by atoms with Crippen LogP contribution in [0.4, 0.5) is 0 Å². The molecule has 3 heterocycles. The highest BCUT2D eigenvalue weighted by atomic mass is 35.5. The zero-order valence-corrected chi connectivity index (χ0v) is 15.3. The smallest absolute Gasteiger partial charge is 0.185 e. The average molecular weight is 379 g/mol. The molecular weight excluding hydrogens is 364 g/mol. The molecule has 0 N–H and O–H groups in total. The molecule has 0 saturated carbocycles. The minimum atomic E-state index is -0.0340. The Morgan fingerprint density at radius 2 is 1.96 bits per heavy atom. The van der Waals surface area contributed by atoms with E-state index in [1.165, 1.54) is 0 Å². The summed E-state index contributed by atoms with van der Waals surface area (Å²) in [7, 11) is 0. The summed E-state index contributed by atoms with van der Waals surface area (Å²) in [5.74, 6) is 0.755. The average Bonchev–Trinajstić information content (AvgIpc) is 3.30. The van der Waals surface area contributed by atoms with Gasteiger partial charge in [0.25, 0.3) is 0 Å². The van der Waals surface area contributed by atoms with E-state index < -0.39 is 0 Å². The SMILES string of the molecule is Cc1nn2c3c(nnc2c1-c1ccc(Cl)cc1)C(=O)C[C@@H](c1ccco1)C3. The fourth-order valence-corrected chi connectivity index (χ4v) is 3.88. The Kier molecular flexibility index (Phi) is 3.62. The van der Waals surface area contributed by atoms with Crippen LogP contribution in [0.15, 0.2) is 47.1 Å². The number of furan rings is 1. The van der Waals surface area contributed by atoms with E-state index in [2.05, 4.69) is 15.3 Å². The molecule has 1 atom stereocenters. The van der Waals surface area contributed by atoms with Gasteiger partial charge in [-0.15, -0.1) is 10.2 Å². The molecule has 0 aliphatic heterocycles. The van der Waals surface area contributed by atoms with Gasteiger partial charge in [-0.3, -0.25) is 4.79 Å². The third-order valence-corrected chi connectivity index (χ3v) is 5.28. The summed E-state index contributed by atoms with van der Waals surface area (Å²) in [5, 5.41) is 13.9. The molecule has 3 aromatic heterocycles. The first-order valence-corrected chi connectivity index (χ1v) is 9.07. The summed E-state index contributed by atoms with van der Waals surface area (Å²) in [4.78, 5) is 12.6. The van der Waals surface area contributed by atoms with Crippen molar-refractivity contribution in [2.75, 3.05) is 0 Å². The maximum absolute atomic E-state index is 12.6. The predicted molar refractivity (Wildman–Crippen MR) is 100 cm³/mol. The lowest BCUT2D eigenvalue weighted by Gasteiger charge is -2.21. The highest BCUT2D eigenvalue weighted by Crippen LogP contribution is 2.34. The van der Waals surface area contributed by atoms with Crippen LogP contribution in [0.1, 0.15) is 40.0 Å². The molecule has 0 radical (unpaired) electrons. The molecule has 0 amide bonds. The van der Waals surface area contributed by atoms with Crippen LogP contribution in [0.3, 0.4) is 0 Å². The zero-order chi connectivity index (χ0) is 18.5. The van der Waals surface area contributed by atoms with Crippen molar-refractivity contribution >= 4 is 23.0 Å². The first-order valence-electron chi connectivity index (χ1n) is 8.69. The van der Waals surface area contributed by atoms with Crippen LogP contribution in [0.25, 0.3) is 16.8 Å². The zero-order valence-electron chi connectivity index (χ0n) is 14.5. The molecule has 27 heavy (non-hydrogen) atoms. The molecule has 7 heteroatoms. The van der Waals surface area contributed by atoms with Crippen LogP contribution in [-0.2, 0) is 6.42 Å². The van der Waals surface area contributed by atoms with Gasteiger partial charge in [0.2, 0.25) is 0 Å². The van der Waals surface area contributed by atoms with Gasteiger partial charge in [-0.2, -0.15) is 5.10 Å². The second-order valence-corrected chi connectivity index (χ2v) is 7.18. The van der Waals surface area contributed by atoms with Crippen LogP contribution in [0.2, 0.25) is 5.02 Å². The molecule has 0 fully saturated rings. The molecule has 1 aliphatic carbocycles. The molecule has 5 rings (SSSR count). The van der Waals surface area contributed by atoms with Crippen LogP contribution in [0.5, 0.6) is 0 Å². The number of carbonyl (C=O) groups excluding carboxylic acids is 1. The van der Waals surface area contributed by atoms with Gasteiger partial charge in [0.05, 0.1) is 23.2 Å². The van der Waals surface area contributed by atoms with E-state index in [-0.39, 0.29) is 11.7 Å². The van der Waals surface area contributed by atoms with E-state index in [0.29, 0.717) is 29.2 Å². The number of carbonyl (C=O) groups is 1. The van der Waals surface area contributed by atoms with Crippen molar-refractivity contribution in [2.24, 2.45) is 0 Å². The van der Waals surface area contributed by atoms with E-state index in [9.17, 15) is 4.79 Å². The number of ketones is 1. The second kappa shape index (κ2) is 6.03. The molecule has 4 aromatic rings. The molecule has 1 aliphatic rings. The lowest BCUT2D eigenvalue weighted by atomic mass is 9.87. The molecule has 0 saturated heterocycles. The quantitative estimate of drug-likeness (QED) is 0.521. The van der Waals surface area contributed by atoms with E-state index in [1.54, 1.807) is 10.8 Å². The highest BCUT2D eigenvalue weighted by Gasteiger charge is 2.32. The molecule has 0 unspecified atom stereocenters. The third kappa shape index (κ3) is 2.56. The number of Topliss-reactive ketones (excluding diaryl/α,β-unsaturated/α-hetero) is 1. The van der Waals surface area contributed by atoms with Crippen molar-refractivity contribution in [1.82, 2.24) is 19.8 Å². The largest absolute Gasteiger partial charge is 0.469 e. The van der Waals surface area contributed by atoms with Crippen LogP contribution < -0.4 is 0 Å². The molecule has 6 nitrogen and oxygen atoms in total. The molecule has 1 aromatic carbocycles. The molecular formula is C20H15ClN4O2. The molecule has 0 bridgehead atoms. The van der Waals surface area contributed by atoms with E-state index in [4.69, 9.17) is 16.0 Å². The minimum absolute atomic E-state index is 0.0177. The van der Waals surface area contributed by atoms with Gasteiger partial charge in [-0.05, 0) is 36.8 Å². The fourth-order valence-electron chi connectivity index (χ4n) is 3.76. The lowest BCUT2D eigenvalue weighted by Crippen LogP contribution is -2.24. The lowest BCUT2D eigenvalue weighted by molar-refractivity contribution is 0.0951. The second-order valence-electron chi connectivity index (χ2n) is 6.74. The Morgan fingerprint density at radius 1 is 1.15 bits per heavy atom. The topological polar surface area (TPSA) is 73.3 Å². The number of benzene rings is 1. The van der Waals surface area contributed by atoms with E-state index in [0.717, 1.165) is 28.3 Å². The molecule has 0 spiro atoms. The summed E-state index contributed by atoms with van der Waals surface area (Å²) in [6.45, 7) is 1.93. The number of aromatic nitrogens is 4. The van der Waals surface area contributed by atoms with Crippen molar-refractivity contribution in [3.05, 3.63) is 70.5 Å². The van der Waals surface area contributed by atoms with Gasteiger partial charge in [0.1, 0.15) is 5.76 Å². The number of hydrogen-bond acceptors (Lipinski definition) is 5. The van der Waals surface area contributed by atoms with Crippen LogP contribution in [-0.4, -0.2) is 25.6 Å². The van der Waals surface area contributed by atoms with Gasteiger partial charge in [0.15, 0.2) is 17.1 Å². The summed E-state index contributed by atoms with van der Waals surface area (Å²) in [6, 6.07) is 11.3. The monoisotopic (exact) mass is 378 g/mol. The Labute approximate surface area is 159 Å². The summed E-state index contributed by atoms with van der Waals surface area (Å²) < 4.78 is 7.29. The third-order valence-electron chi connectivity index (χ3n) is 5.02. The fraction of sp³-hybridized carbons (Fsp3) is 0.200. The number of rotatable bonds is 2. The van der Waals surface area contributed by atoms with Crippen LogP contribution >= 0.6 is 11.6 Å². The summed E-state index contributed by atoms with van der Waals surface area (Å²) in [5.41, 5.74) is 4.51. The minimum Gasteiger partial charge on any atom is -0.469 e. The Balaban J connectivity index is 1.69. The van der Waals surface area contributed by atoms with E-state index in [1.807, 2.05) is 43.3 Å². The van der Waals surface area contributed by atoms with Crippen molar-refractivity contribution in [1.29, 1.82) is 0 Å². The van der Waals surface area contributed by atoms with Crippen molar-refractivity contribution in [2.45, 2.75) is 25.7 Å². The number of fused-ring (bicyclic) bond motifs is 3. The first kappa shape index (κ1) is 16.2. The number of hydrogen-bond donors (Lipinski definition) is 0. The van der Waals surface area contributed by atoms with Gasteiger partial charge < -0.3 is 4.42 Å². The van der Waals surface area contributed by atoms with Gasteiger partial charge in [-0.1, -0.05) is 23.7 Å². The Hall–Kier alpha value is -2.99. The van der Waals surface area contributed by atoms with Crippen molar-refractivity contribution in [3.8, 4) is 11.1 Å². The maximum atomic E-state index is 12.6. The summed E-state index contributed by atoms with van der Waals surface area (Å²) in [6.07, 6.45) is 2.62. The Morgan fingerprint density at radius 3 is 2.70 bits per heavy atom. The number of halogens is 1. The normalized spacial score (nSPS) is 16.7.